The van der Waals surface area contributed by atoms with Crippen LogP contribution in [0.3, 0.4) is 0 Å². The maximum absolute atomic E-state index is 13.6. The lowest BCUT2D eigenvalue weighted by Gasteiger charge is -2.51. The number of para-hydroxylation sites is 1. The van der Waals surface area contributed by atoms with Gasteiger partial charge in [-0.1, -0.05) is 18.2 Å². The molecule has 3 aromatic rings. The number of hydrogen-bond donors (Lipinski definition) is 0. The number of hydrogen-bond acceptors (Lipinski definition) is 7. The van der Waals surface area contributed by atoms with E-state index in [0.29, 0.717) is 17.6 Å². The molecule has 3 saturated heterocycles. The number of carbonyl (C=O) groups excluding carboxylic acids is 2. The lowest BCUT2D eigenvalue weighted by atomic mass is 9.73. The Labute approximate surface area is 210 Å². The summed E-state index contributed by atoms with van der Waals surface area (Å²) in [5.74, 6) is 0.796. The SMILES string of the molecule is C=C[C@H]1CN2CCC1C[C@H]2[C@H](OC(=O)c1ccccc1OC(C)=O)c1ccnc2ccc(OC)cc12. The van der Waals surface area contributed by atoms with Crippen LogP contribution in [0, 0.1) is 11.8 Å². The molecule has 2 unspecified atom stereocenters. The van der Waals surface area contributed by atoms with Crippen LogP contribution in [-0.4, -0.2) is 48.1 Å². The maximum Gasteiger partial charge on any atom is 0.342 e. The summed E-state index contributed by atoms with van der Waals surface area (Å²) in [5, 5.41) is 0.880. The molecule has 36 heavy (non-hydrogen) atoms. The first-order valence-electron chi connectivity index (χ1n) is 12.3. The van der Waals surface area contributed by atoms with Crippen molar-refractivity contribution in [2.24, 2.45) is 11.8 Å². The van der Waals surface area contributed by atoms with Gasteiger partial charge in [-0.2, -0.15) is 0 Å². The van der Waals surface area contributed by atoms with Crippen LogP contribution in [0.25, 0.3) is 10.9 Å². The zero-order chi connectivity index (χ0) is 25.2. The molecule has 7 nitrogen and oxygen atoms in total. The summed E-state index contributed by atoms with van der Waals surface area (Å²) in [6, 6.07) is 14.3. The molecule has 186 valence electrons. The van der Waals surface area contributed by atoms with Crippen LogP contribution in [0.15, 0.2) is 67.4 Å². The first-order chi connectivity index (χ1) is 17.5. The van der Waals surface area contributed by atoms with Gasteiger partial charge in [0.2, 0.25) is 0 Å². The van der Waals surface area contributed by atoms with Crippen LogP contribution in [-0.2, 0) is 9.53 Å². The van der Waals surface area contributed by atoms with E-state index < -0.39 is 18.0 Å². The van der Waals surface area contributed by atoms with E-state index in [1.54, 1.807) is 37.6 Å². The minimum atomic E-state index is -0.547. The average molecular weight is 487 g/mol. The monoisotopic (exact) mass is 486 g/mol. The zero-order valence-electron chi connectivity index (χ0n) is 20.6. The first-order valence-corrected chi connectivity index (χ1v) is 12.3. The highest BCUT2D eigenvalue weighted by Gasteiger charge is 2.44. The van der Waals surface area contributed by atoms with E-state index in [-0.39, 0.29) is 17.4 Å². The highest BCUT2D eigenvalue weighted by atomic mass is 16.6. The van der Waals surface area contributed by atoms with Crippen molar-refractivity contribution in [2.45, 2.75) is 31.9 Å². The average Bonchev–Trinajstić information content (AvgIpc) is 2.91. The number of esters is 2. The third-order valence-electron chi connectivity index (χ3n) is 7.39. The molecule has 3 aliphatic rings. The molecule has 3 fully saturated rings. The summed E-state index contributed by atoms with van der Waals surface area (Å²) >= 11 is 0. The van der Waals surface area contributed by atoms with Gasteiger partial charge in [-0.25, -0.2) is 4.79 Å². The van der Waals surface area contributed by atoms with Crippen LogP contribution >= 0.6 is 0 Å². The van der Waals surface area contributed by atoms with Crippen LogP contribution in [0.2, 0.25) is 0 Å². The molecule has 4 heterocycles. The Morgan fingerprint density at radius 3 is 2.75 bits per heavy atom. The minimum absolute atomic E-state index is 0.00147. The van der Waals surface area contributed by atoms with Crippen molar-refractivity contribution >= 4 is 22.8 Å². The summed E-state index contributed by atoms with van der Waals surface area (Å²) in [7, 11) is 1.63. The fourth-order valence-corrected chi connectivity index (χ4v) is 5.62. The van der Waals surface area contributed by atoms with Crippen molar-refractivity contribution in [2.75, 3.05) is 20.2 Å². The lowest BCUT2D eigenvalue weighted by Crippen LogP contribution is -2.55. The van der Waals surface area contributed by atoms with Gasteiger partial charge in [0.25, 0.3) is 0 Å². The number of nitrogens with zero attached hydrogens (tertiary/aromatic N) is 2. The molecule has 7 heteroatoms. The van der Waals surface area contributed by atoms with E-state index in [1.807, 2.05) is 24.3 Å². The summed E-state index contributed by atoms with van der Waals surface area (Å²) in [6.07, 6.45) is 5.26. The number of piperidine rings is 3. The molecule has 5 atom stereocenters. The zero-order valence-corrected chi connectivity index (χ0v) is 20.6. The molecule has 1 aromatic heterocycles. The number of benzene rings is 2. The van der Waals surface area contributed by atoms with E-state index in [9.17, 15) is 9.59 Å². The predicted molar refractivity (Wildman–Crippen MR) is 136 cm³/mol. The molecule has 0 saturated carbocycles. The number of methoxy groups -OCH3 is 1. The Morgan fingerprint density at radius 1 is 1.19 bits per heavy atom. The molecule has 0 aliphatic carbocycles. The van der Waals surface area contributed by atoms with Gasteiger partial charge < -0.3 is 14.2 Å². The third-order valence-corrected chi connectivity index (χ3v) is 7.39. The molecule has 3 aliphatic heterocycles. The molecule has 0 N–H and O–H groups in total. The Bertz CT molecular complexity index is 1310. The molecule has 2 bridgehead atoms. The number of fused-ring (bicyclic) bond motifs is 4. The van der Waals surface area contributed by atoms with Gasteiger partial charge in [-0.3, -0.25) is 14.7 Å². The van der Waals surface area contributed by atoms with E-state index in [0.717, 1.165) is 42.4 Å². The second-order valence-corrected chi connectivity index (χ2v) is 9.45. The van der Waals surface area contributed by atoms with Crippen molar-refractivity contribution < 1.29 is 23.8 Å². The molecular formula is C29H30N2O5. The van der Waals surface area contributed by atoms with Gasteiger partial charge in [-0.15, -0.1) is 6.58 Å². The highest BCUT2D eigenvalue weighted by Crippen LogP contribution is 2.44. The van der Waals surface area contributed by atoms with Gasteiger partial charge in [0.1, 0.15) is 23.2 Å². The van der Waals surface area contributed by atoms with E-state index >= 15 is 0 Å². The standard InChI is InChI=1S/C29H30N2O5/c1-4-19-17-31-14-12-20(19)15-26(31)28(22-11-13-30-25-10-9-21(34-3)16-24(22)25)36-29(33)23-7-5-6-8-27(23)35-18(2)32/h4-11,13,16,19-20,26,28H,1,12,14-15,17H2,2-3H3/t19-,20?,26-,28+/m0/s1. The smallest absolute Gasteiger partial charge is 0.342 e. The van der Waals surface area contributed by atoms with Gasteiger partial charge in [0, 0.05) is 30.6 Å². The Balaban J connectivity index is 1.57. The summed E-state index contributed by atoms with van der Waals surface area (Å²) in [5.41, 5.74) is 1.90. The van der Waals surface area contributed by atoms with Gasteiger partial charge in [0.15, 0.2) is 0 Å². The fraction of sp³-hybridized carbons (Fsp3) is 0.345. The summed E-state index contributed by atoms with van der Waals surface area (Å²) in [4.78, 5) is 32.1. The fourth-order valence-electron chi connectivity index (χ4n) is 5.62. The van der Waals surface area contributed by atoms with Crippen LogP contribution < -0.4 is 9.47 Å². The van der Waals surface area contributed by atoms with Crippen molar-refractivity contribution in [3.05, 3.63) is 78.5 Å². The lowest BCUT2D eigenvalue weighted by molar-refractivity contribution is -0.131. The molecule has 0 spiro atoms. The first kappa shape index (κ1) is 24.0. The largest absolute Gasteiger partial charge is 0.497 e. The molecule has 6 rings (SSSR count). The van der Waals surface area contributed by atoms with Crippen LogP contribution in [0.4, 0.5) is 0 Å². The quantitative estimate of drug-likeness (QED) is 0.265. The molecule has 0 radical (unpaired) electrons. The van der Waals surface area contributed by atoms with Crippen molar-refractivity contribution in [1.29, 1.82) is 0 Å². The summed E-state index contributed by atoms with van der Waals surface area (Å²) < 4.78 is 17.1. The number of ether oxygens (including phenoxy) is 3. The third kappa shape index (κ3) is 4.58. The van der Waals surface area contributed by atoms with Gasteiger partial charge in [-0.05, 0) is 67.6 Å². The van der Waals surface area contributed by atoms with Crippen molar-refractivity contribution in [1.82, 2.24) is 9.88 Å². The van der Waals surface area contributed by atoms with E-state index in [4.69, 9.17) is 14.2 Å². The second kappa shape index (κ2) is 10.1. The van der Waals surface area contributed by atoms with Crippen molar-refractivity contribution in [3.63, 3.8) is 0 Å². The van der Waals surface area contributed by atoms with E-state index in [2.05, 4.69) is 22.5 Å². The summed E-state index contributed by atoms with van der Waals surface area (Å²) in [6.45, 7) is 7.19. The van der Waals surface area contributed by atoms with E-state index in [1.165, 1.54) is 6.92 Å². The molecule has 0 amide bonds. The molecule has 2 aromatic carbocycles. The number of rotatable bonds is 7. The Hall–Kier alpha value is -3.71. The maximum atomic E-state index is 13.6. The van der Waals surface area contributed by atoms with Crippen LogP contribution in [0.5, 0.6) is 11.5 Å². The molecular weight excluding hydrogens is 456 g/mol. The Kier molecular flexibility index (Phi) is 6.74. The second-order valence-electron chi connectivity index (χ2n) is 9.45. The number of aromatic nitrogens is 1. The topological polar surface area (TPSA) is 78.0 Å². The number of pyridine rings is 1. The van der Waals surface area contributed by atoms with Gasteiger partial charge >= 0.3 is 11.9 Å². The van der Waals surface area contributed by atoms with Crippen LogP contribution in [0.1, 0.15) is 41.8 Å². The number of carbonyl (C=O) groups is 2. The minimum Gasteiger partial charge on any atom is -0.497 e. The normalized spacial score (nSPS) is 23.6. The van der Waals surface area contributed by atoms with Gasteiger partial charge in [0.05, 0.1) is 18.7 Å². The highest BCUT2D eigenvalue weighted by molar-refractivity contribution is 5.94. The van der Waals surface area contributed by atoms with Crippen molar-refractivity contribution in [3.8, 4) is 11.5 Å². The predicted octanol–water partition coefficient (Wildman–Crippen LogP) is 4.96. The Morgan fingerprint density at radius 2 is 2.03 bits per heavy atom.